The summed E-state index contributed by atoms with van der Waals surface area (Å²) in [5, 5.41) is 3.69. The van der Waals surface area contributed by atoms with E-state index in [9.17, 15) is 0 Å². The summed E-state index contributed by atoms with van der Waals surface area (Å²) in [6.07, 6.45) is 6.28. The Morgan fingerprint density at radius 3 is 2.62 bits per heavy atom. The van der Waals surface area contributed by atoms with Gasteiger partial charge in [-0.2, -0.15) is 0 Å². The molecule has 1 aliphatic carbocycles. The first-order chi connectivity index (χ1) is 12.7. The molecule has 2 atom stereocenters. The topological polar surface area (TPSA) is 36.9 Å². The molecule has 0 spiro atoms. The van der Waals surface area contributed by atoms with E-state index >= 15 is 0 Å². The first kappa shape index (κ1) is 16.5. The van der Waals surface area contributed by atoms with E-state index in [0.717, 1.165) is 28.6 Å². The number of para-hydroxylation sites is 1. The molecule has 2 aromatic carbocycles. The molecule has 1 heterocycles. The molecule has 4 heteroatoms. The lowest BCUT2D eigenvalue weighted by molar-refractivity contribution is 0.320. The Labute approximate surface area is 154 Å². The van der Waals surface area contributed by atoms with Crippen LogP contribution in [-0.2, 0) is 0 Å². The highest BCUT2D eigenvalue weighted by Crippen LogP contribution is 2.45. The second-order valence-electron chi connectivity index (χ2n) is 6.79. The molecule has 26 heavy (non-hydrogen) atoms. The minimum Gasteiger partial charge on any atom is -0.460 e. The van der Waals surface area contributed by atoms with E-state index in [1.165, 1.54) is 5.56 Å². The molecule has 0 fully saturated rings. The standard InChI is InChI=1S/C22H23N3O/c1-23-16-9-11-18-20(13-16)26-21-14-17(25(2)3)10-12-19(21)22(18)24-15-7-5-4-6-8-15/h4-14,18,22,24H,1-3H3. The zero-order chi connectivity index (χ0) is 18.1. The van der Waals surface area contributed by atoms with Gasteiger partial charge in [-0.15, -0.1) is 0 Å². The van der Waals surface area contributed by atoms with Crippen LogP contribution in [0, 0.1) is 5.92 Å². The number of nitrogens with one attached hydrogen (secondary N) is 1. The maximum atomic E-state index is 6.29. The van der Waals surface area contributed by atoms with Crippen LogP contribution in [0.2, 0.25) is 0 Å². The number of allylic oxidation sites excluding steroid dienone is 2. The lowest BCUT2D eigenvalue weighted by atomic mass is 9.84. The van der Waals surface area contributed by atoms with Gasteiger partial charge >= 0.3 is 0 Å². The molecule has 2 unspecified atom stereocenters. The van der Waals surface area contributed by atoms with Gasteiger partial charge in [0.05, 0.1) is 17.7 Å². The van der Waals surface area contributed by atoms with E-state index < -0.39 is 0 Å². The van der Waals surface area contributed by atoms with Gasteiger partial charge in [0.1, 0.15) is 11.5 Å². The third-order valence-corrected chi connectivity index (χ3v) is 4.88. The number of nitrogens with zero attached hydrogens (tertiary/aromatic N) is 2. The van der Waals surface area contributed by atoms with Crippen molar-refractivity contribution in [3.05, 3.63) is 78.1 Å². The average Bonchev–Trinajstić information content (AvgIpc) is 2.67. The van der Waals surface area contributed by atoms with Gasteiger partial charge in [-0.3, -0.25) is 4.99 Å². The predicted octanol–water partition coefficient (Wildman–Crippen LogP) is 4.44. The highest BCUT2D eigenvalue weighted by atomic mass is 16.5. The van der Waals surface area contributed by atoms with E-state index in [4.69, 9.17) is 4.74 Å². The first-order valence-electron chi connectivity index (χ1n) is 8.83. The average molecular weight is 345 g/mol. The van der Waals surface area contributed by atoms with Gasteiger partial charge < -0.3 is 15.0 Å². The monoisotopic (exact) mass is 345 g/mol. The minimum absolute atomic E-state index is 0.110. The lowest BCUT2D eigenvalue weighted by Crippen LogP contribution is -2.30. The second-order valence-corrected chi connectivity index (χ2v) is 6.79. The zero-order valence-electron chi connectivity index (χ0n) is 15.3. The van der Waals surface area contributed by atoms with E-state index in [0.29, 0.717) is 0 Å². The highest BCUT2D eigenvalue weighted by Gasteiger charge is 2.35. The Morgan fingerprint density at radius 2 is 1.88 bits per heavy atom. The molecule has 2 aliphatic rings. The molecule has 1 aliphatic heterocycles. The van der Waals surface area contributed by atoms with Gasteiger partial charge in [-0.1, -0.05) is 30.3 Å². The zero-order valence-corrected chi connectivity index (χ0v) is 15.3. The van der Waals surface area contributed by atoms with Gasteiger partial charge in [0, 0.05) is 50.2 Å². The largest absolute Gasteiger partial charge is 0.460 e. The van der Waals surface area contributed by atoms with Crippen LogP contribution in [0.15, 0.2) is 77.5 Å². The third-order valence-electron chi connectivity index (χ3n) is 4.88. The fourth-order valence-electron chi connectivity index (χ4n) is 3.45. The SMILES string of the molecule is CN=C1C=CC2C(=C1)Oc1cc(N(C)C)ccc1C2Nc1ccccc1. The summed E-state index contributed by atoms with van der Waals surface area (Å²) in [6, 6.07) is 16.8. The maximum Gasteiger partial charge on any atom is 0.134 e. The van der Waals surface area contributed by atoms with E-state index in [2.05, 4.69) is 57.7 Å². The molecule has 1 N–H and O–H groups in total. The van der Waals surface area contributed by atoms with Crippen LogP contribution in [0.25, 0.3) is 0 Å². The molecule has 0 saturated carbocycles. The van der Waals surface area contributed by atoms with Crippen molar-refractivity contribution in [2.45, 2.75) is 6.04 Å². The van der Waals surface area contributed by atoms with Crippen LogP contribution in [-0.4, -0.2) is 26.9 Å². The first-order valence-corrected chi connectivity index (χ1v) is 8.83. The lowest BCUT2D eigenvalue weighted by Gasteiger charge is -2.36. The molecule has 0 radical (unpaired) electrons. The second kappa shape index (κ2) is 6.71. The summed E-state index contributed by atoms with van der Waals surface area (Å²) in [6.45, 7) is 0. The summed E-state index contributed by atoms with van der Waals surface area (Å²) < 4.78 is 6.29. The van der Waals surface area contributed by atoms with Crippen molar-refractivity contribution in [1.29, 1.82) is 0 Å². The quantitative estimate of drug-likeness (QED) is 0.893. The molecular formula is C22H23N3O. The molecule has 2 aromatic rings. The van der Waals surface area contributed by atoms with Crippen LogP contribution in [0.3, 0.4) is 0 Å². The van der Waals surface area contributed by atoms with Gasteiger partial charge in [-0.05, 0) is 24.3 Å². The Morgan fingerprint density at radius 1 is 1.08 bits per heavy atom. The summed E-state index contributed by atoms with van der Waals surface area (Å²) in [4.78, 5) is 6.38. The molecule has 0 aromatic heterocycles. The Bertz CT molecular complexity index is 897. The molecule has 132 valence electrons. The fourth-order valence-corrected chi connectivity index (χ4v) is 3.45. The van der Waals surface area contributed by atoms with E-state index in [-0.39, 0.29) is 12.0 Å². The van der Waals surface area contributed by atoms with Gasteiger partial charge in [0.15, 0.2) is 0 Å². The number of hydrogen-bond donors (Lipinski definition) is 1. The van der Waals surface area contributed by atoms with Gasteiger partial charge in [0.2, 0.25) is 0 Å². The van der Waals surface area contributed by atoms with Crippen molar-refractivity contribution in [2.75, 3.05) is 31.4 Å². The summed E-state index contributed by atoms with van der Waals surface area (Å²) in [5.74, 6) is 1.97. The molecule has 0 bridgehead atoms. The molecule has 4 rings (SSSR count). The van der Waals surface area contributed by atoms with Crippen molar-refractivity contribution >= 4 is 17.1 Å². The van der Waals surface area contributed by atoms with Crippen LogP contribution in [0.4, 0.5) is 11.4 Å². The number of benzene rings is 2. The van der Waals surface area contributed by atoms with Crippen molar-refractivity contribution in [2.24, 2.45) is 10.9 Å². The molecule has 0 saturated heterocycles. The Kier molecular flexibility index (Phi) is 4.25. The van der Waals surface area contributed by atoms with Gasteiger partial charge in [0.25, 0.3) is 0 Å². The Hall–Kier alpha value is -3.01. The number of ether oxygens (including phenoxy) is 1. The van der Waals surface area contributed by atoms with Crippen LogP contribution in [0.5, 0.6) is 5.75 Å². The molecule has 4 nitrogen and oxygen atoms in total. The summed E-state index contributed by atoms with van der Waals surface area (Å²) >= 11 is 0. The van der Waals surface area contributed by atoms with Crippen molar-refractivity contribution in [3.63, 3.8) is 0 Å². The van der Waals surface area contributed by atoms with Crippen LogP contribution >= 0.6 is 0 Å². The Balaban J connectivity index is 1.79. The van der Waals surface area contributed by atoms with Crippen molar-refractivity contribution < 1.29 is 4.74 Å². The number of hydrogen-bond acceptors (Lipinski definition) is 4. The van der Waals surface area contributed by atoms with E-state index in [1.54, 1.807) is 7.05 Å². The normalized spacial score (nSPS) is 22.1. The maximum absolute atomic E-state index is 6.29. The van der Waals surface area contributed by atoms with Gasteiger partial charge in [-0.25, -0.2) is 0 Å². The summed E-state index contributed by atoms with van der Waals surface area (Å²) in [7, 11) is 5.88. The van der Waals surface area contributed by atoms with Crippen LogP contribution < -0.4 is 15.0 Å². The number of anilines is 2. The number of fused-ring (bicyclic) bond motifs is 2. The highest BCUT2D eigenvalue weighted by molar-refractivity contribution is 6.05. The predicted molar refractivity (Wildman–Crippen MR) is 108 cm³/mol. The minimum atomic E-state index is 0.110. The third kappa shape index (κ3) is 2.99. The van der Waals surface area contributed by atoms with Crippen LogP contribution in [0.1, 0.15) is 11.6 Å². The summed E-state index contributed by atoms with van der Waals surface area (Å²) in [5.41, 5.74) is 4.33. The number of rotatable bonds is 3. The fraction of sp³-hybridized carbons (Fsp3) is 0.227. The smallest absolute Gasteiger partial charge is 0.134 e. The molecule has 0 amide bonds. The van der Waals surface area contributed by atoms with Crippen molar-refractivity contribution in [3.8, 4) is 5.75 Å². The van der Waals surface area contributed by atoms with Crippen molar-refractivity contribution in [1.82, 2.24) is 0 Å². The number of aliphatic imine (C=N–C) groups is 1. The van der Waals surface area contributed by atoms with E-state index in [1.807, 2.05) is 38.4 Å². The molecular weight excluding hydrogens is 322 g/mol.